The molecule has 0 spiro atoms. The minimum absolute atomic E-state index is 0.153. The van der Waals surface area contributed by atoms with Crippen molar-refractivity contribution in [1.82, 2.24) is 14.9 Å². The van der Waals surface area contributed by atoms with Crippen LogP contribution >= 0.6 is 0 Å². The third-order valence-corrected chi connectivity index (χ3v) is 7.59. The topological polar surface area (TPSA) is 81.3 Å². The number of nitrogens with two attached hydrogens (primary N) is 1. The number of benzene rings is 1. The van der Waals surface area contributed by atoms with Crippen molar-refractivity contribution >= 4 is 22.6 Å². The van der Waals surface area contributed by atoms with Crippen LogP contribution in [0.2, 0.25) is 0 Å². The van der Waals surface area contributed by atoms with E-state index in [1.54, 1.807) is 17.0 Å². The molecule has 0 unspecified atom stereocenters. The number of rotatable bonds is 4. The van der Waals surface area contributed by atoms with Crippen LogP contribution in [0.3, 0.4) is 0 Å². The van der Waals surface area contributed by atoms with Crippen LogP contribution in [0, 0.1) is 5.92 Å². The van der Waals surface area contributed by atoms with Crippen LogP contribution in [0.25, 0.3) is 10.9 Å². The number of hydrogen-bond acceptors (Lipinski definition) is 5. The third-order valence-electron chi connectivity index (χ3n) is 7.59. The van der Waals surface area contributed by atoms with E-state index in [4.69, 9.17) is 10.5 Å². The number of nitrogen functional groups attached to an aromatic ring is 1. The van der Waals surface area contributed by atoms with E-state index in [2.05, 4.69) is 9.97 Å². The van der Waals surface area contributed by atoms with Gasteiger partial charge < -0.3 is 15.4 Å². The highest BCUT2D eigenvalue weighted by atomic mass is 19.4. The van der Waals surface area contributed by atoms with Gasteiger partial charge in [-0.1, -0.05) is 0 Å². The first-order valence-corrected chi connectivity index (χ1v) is 11.3. The average molecular weight is 468 g/mol. The molecule has 9 heteroatoms. The highest BCUT2D eigenvalue weighted by Crippen LogP contribution is 2.61. The molecule has 0 saturated heterocycles. The number of fused-ring (bicyclic) bond motifs is 3. The standard InChI is InChI=1S/C25H23F3N4O2/c1-13-21-19(12-34-13)18-6-15(2-5-20(18)31-22(21)29)23(33)32(24-7-14(8-24)9-24)11-17-4-3-16(10-30-17)25(26,27)28/h2-6,10,13-14H,7-9,11-12H2,1H3,(H2,29,31)/t13-,14?,24?/m1/s1. The van der Waals surface area contributed by atoms with E-state index in [1.165, 1.54) is 6.07 Å². The summed E-state index contributed by atoms with van der Waals surface area (Å²) in [7, 11) is 0. The lowest BCUT2D eigenvalue weighted by atomic mass is 9.49. The first kappa shape index (κ1) is 21.3. The normalized spacial score (nSPS) is 24.9. The van der Waals surface area contributed by atoms with Gasteiger partial charge in [-0.15, -0.1) is 0 Å². The molecule has 3 heterocycles. The third kappa shape index (κ3) is 3.17. The zero-order valence-corrected chi connectivity index (χ0v) is 18.5. The minimum atomic E-state index is -4.45. The zero-order valence-electron chi connectivity index (χ0n) is 18.5. The van der Waals surface area contributed by atoms with Crippen molar-refractivity contribution in [2.45, 2.75) is 57.2 Å². The fourth-order valence-electron chi connectivity index (χ4n) is 5.62. The number of aromatic nitrogens is 2. The van der Waals surface area contributed by atoms with E-state index in [9.17, 15) is 18.0 Å². The number of carbonyl (C=O) groups is 1. The number of alkyl halides is 3. The first-order chi connectivity index (χ1) is 16.1. The van der Waals surface area contributed by atoms with E-state index < -0.39 is 11.7 Å². The number of ether oxygens (including phenoxy) is 1. The number of carbonyl (C=O) groups excluding carboxylic acids is 1. The van der Waals surface area contributed by atoms with E-state index in [0.29, 0.717) is 35.1 Å². The van der Waals surface area contributed by atoms with Crippen molar-refractivity contribution in [2.24, 2.45) is 5.92 Å². The van der Waals surface area contributed by atoms with Crippen LogP contribution in [0.5, 0.6) is 0 Å². The zero-order chi connectivity index (χ0) is 23.8. The number of halogens is 3. The predicted molar refractivity (Wildman–Crippen MR) is 119 cm³/mol. The lowest BCUT2D eigenvalue weighted by Crippen LogP contribution is -2.69. The number of pyridine rings is 2. The average Bonchev–Trinajstić information content (AvgIpc) is 3.13. The van der Waals surface area contributed by atoms with Gasteiger partial charge in [0, 0.05) is 28.2 Å². The largest absolute Gasteiger partial charge is 0.417 e. The molecule has 34 heavy (non-hydrogen) atoms. The van der Waals surface area contributed by atoms with Gasteiger partial charge in [-0.25, -0.2) is 4.98 Å². The summed E-state index contributed by atoms with van der Waals surface area (Å²) < 4.78 is 44.6. The Hall–Kier alpha value is -3.20. The van der Waals surface area contributed by atoms with Gasteiger partial charge in [0.15, 0.2) is 0 Å². The van der Waals surface area contributed by atoms with Crippen LogP contribution in [-0.2, 0) is 24.1 Å². The second-order valence-corrected chi connectivity index (χ2v) is 9.70. The highest BCUT2D eigenvalue weighted by Gasteiger charge is 2.61. The van der Waals surface area contributed by atoms with Gasteiger partial charge in [-0.05, 0) is 68.0 Å². The van der Waals surface area contributed by atoms with Crippen LogP contribution < -0.4 is 5.73 Å². The van der Waals surface area contributed by atoms with Crippen LogP contribution in [-0.4, -0.2) is 26.3 Å². The SMILES string of the molecule is C[C@H]1OCc2c1c(N)nc1ccc(C(=O)N(Cc3ccc(C(F)(F)F)cn3)C34CC(C3)C4)cc21. The molecule has 176 valence electrons. The van der Waals surface area contributed by atoms with Gasteiger partial charge in [-0.2, -0.15) is 13.2 Å². The summed E-state index contributed by atoms with van der Waals surface area (Å²) in [5.74, 6) is 0.913. The molecule has 1 atom stereocenters. The summed E-state index contributed by atoms with van der Waals surface area (Å²) >= 11 is 0. The molecule has 2 bridgehead atoms. The molecule has 2 N–H and O–H groups in total. The lowest BCUT2D eigenvalue weighted by molar-refractivity contribution is -0.138. The van der Waals surface area contributed by atoms with Gasteiger partial charge in [-0.3, -0.25) is 9.78 Å². The molecule has 3 fully saturated rings. The lowest BCUT2D eigenvalue weighted by Gasteiger charge is -2.66. The summed E-state index contributed by atoms with van der Waals surface area (Å²) in [5.41, 5.74) is 8.57. The van der Waals surface area contributed by atoms with Crippen LogP contribution in [0.15, 0.2) is 36.5 Å². The number of nitrogens with zero attached hydrogens (tertiary/aromatic N) is 3. The van der Waals surface area contributed by atoms with E-state index in [-0.39, 0.29) is 24.1 Å². The Morgan fingerprint density at radius 3 is 2.62 bits per heavy atom. The molecule has 0 radical (unpaired) electrons. The van der Waals surface area contributed by atoms with Crippen molar-refractivity contribution in [3.8, 4) is 0 Å². The Balaban J connectivity index is 1.35. The number of amides is 1. The molecular weight excluding hydrogens is 445 g/mol. The molecule has 4 aliphatic rings. The predicted octanol–water partition coefficient (Wildman–Crippen LogP) is 5.02. The second-order valence-electron chi connectivity index (χ2n) is 9.70. The molecule has 1 aromatic carbocycles. The van der Waals surface area contributed by atoms with E-state index in [1.807, 2.05) is 13.0 Å². The summed E-state index contributed by atoms with van der Waals surface area (Å²) in [6.07, 6.45) is -1.01. The van der Waals surface area contributed by atoms with Crippen molar-refractivity contribution in [3.63, 3.8) is 0 Å². The molecule has 1 amide bonds. The molecule has 2 aromatic heterocycles. The maximum absolute atomic E-state index is 13.8. The van der Waals surface area contributed by atoms with Crippen molar-refractivity contribution < 1.29 is 22.7 Å². The number of anilines is 1. The monoisotopic (exact) mass is 468 g/mol. The molecule has 7 rings (SSSR count). The van der Waals surface area contributed by atoms with Crippen molar-refractivity contribution in [1.29, 1.82) is 0 Å². The van der Waals surface area contributed by atoms with Gasteiger partial charge in [0.25, 0.3) is 5.91 Å². The summed E-state index contributed by atoms with van der Waals surface area (Å²) in [4.78, 5) is 24.1. The molecule has 3 aromatic rings. The molecule has 3 aliphatic carbocycles. The Kier molecular flexibility index (Phi) is 4.49. The van der Waals surface area contributed by atoms with Crippen LogP contribution in [0.4, 0.5) is 19.0 Å². The molecule has 6 nitrogen and oxygen atoms in total. The highest BCUT2D eigenvalue weighted by molar-refractivity contribution is 5.99. The number of hydrogen-bond donors (Lipinski definition) is 1. The fourth-order valence-corrected chi connectivity index (χ4v) is 5.62. The summed E-state index contributed by atoms with van der Waals surface area (Å²) in [6.45, 7) is 2.49. The summed E-state index contributed by atoms with van der Waals surface area (Å²) in [5, 5.41) is 0.838. The molecular formula is C25H23F3N4O2. The molecule has 3 saturated carbocycles. The second kappa shape index (κ2) is 7.15. The Morgan fingerprint density at radius 1 is 1.24 bits per heavy atom. The van der Waals surface area contributed by atoms with E-state index in [0.717, 1.165) is 48.0 Å². The Bertz CT molecular complexity index is 1310. The van der Waals surface area contributed by atoms with Crippen molar-refractivity contribution in [3.05, 3.63) is 64.5 Å². The Labute approximate surface area is 193 Å². The first-order valence-electron chi connectivity index (χ1n) is 11.3. The van der Waals surface area contributed by atoms with E-state index >= 15 is 0 Å². The molecule has 1 aliphatic heterocycles. The smallest absolute Gasteiger partial charge is 0.383 e. The van der Waals surface area contributed by atoms with Gasteiger partial charge in [0.05, 0.1) is 36.0 Å². The van der Waals surface area contributed by atoms with Gasteiger partial charge in [0.1, 0.15) is 5.82 Å². The van der Waals surface area contributed by atoms with Gasteiger partial charge in [0.2, 0.25) is 0 Å². The summed E-state index contributed by atoms with van der Waals surface area (Å²) in [6, 6.07) is 7.74. The quantitative estimate of drug-likeness (QED) is 0.582. The Morgan fingerprint density at radius 2 is 2.00 bits per heavy atom. The fraction of sp³-hybridized carbons (Fsp3) is 0.400. The van der Waals surface area contributed by atoms with Crippen LogP contribution in [0.1, 0.15) is 65.0 Å². The van der Waals surface area contributed by atoms with Gasteiger partial charge >= 0.3 is 6.18 Å². The maximum Gasteiger partial charge on any atom is 0.417 e. The minimum Gasteiger partial charge on any atom is -0.383 e. The maximum atomic E-state index is 13.8. The van der Waals surface area contributed by atoms with Crippen molar-refractivity contribution in [2.75, 3.05) is 5.73 Å².